The summed E-state index contributed by atoms with van der Waals surface area (Å²) in [5.74, 6) is 0.316. The highest BCUT2D eigenvalue weighted by Crippen LogP contribution is 2.43. The SMILES string of the molecule is CC1(N)CCCCC1C(=O)N1CCC(C2C(=O)Nc3cc(Cl)ccc32)CC1.Cl. The minimum absolute atomic E-state index is 0. The molecule has 3 aliphatic rings. The van der Waals surface area contributed by atoms with E-state index in [1.165, 1.54) is 0 Å². The average molecular weight is 426 g/mol. The van der Waals surface area contributed by atoms with Crippen molar-refractivity contribution in [3.05, 3.63) is 28.8 Å². The quantitative estimate of drug-likeness (QED) is 0.752. The lowest BCUT2D eigenvalue weighted by molar-refractivity contribution is -0.140. The van der Waals surface area contributed by atoms with E-state index in [1.54, 1.807) is 0 Å². The highest BCUT2D eigenvalue weighted by Gasteiger charge is 2.43. The van der Waals surface area contributed by atoms with Gasteiger partial charge in [0, 0.05) is 29.3 Å². The fraction of sp³-hybridized carbons (Fsp3) is 0.619. The third kappa shape index (κ3) is 3.89. The monoisotopic (exact) mass is 425 g/mol. The van der Waals surface area contributed by atoms with Gasteiger partial charge in [-0.2, -0.15) is 0 Å². The molecule has 3 unspecified atom stereocenters. The van der Waals surface area contributed by atoms with Crippen molar-refractivity contribution in [1.82, 2.24) is 4.90 Å². The Hall–Kier alpha value is -1.30. The second-order valence-electron chi connectivity index (χ2n) is 8.67. The van der Waals surface area contributed by atoms with Crippen LogP contribution < -0.4 is 11.1 Å². The lowest BCUT2D eigenvalue weighted by Gasteiger charge is -2.42. The molecule has 28 heavy (non-hydrogen) atoms. The summed E-state index contributed by atoms with van der Waals surface area (Å²) in [5.41, 5.74) is 7.90. The van der Waals surface area contributed by atoms with E-state index < -0.39 is 5.54 Å². The maximum atomic E-state index is 13.0. The van der Waals surface area contributed by atoms with Gasteiger partial charge in [-0.1, -0.05) is 30.5 Å². The Labute approximate surface area is 177 Å². The largest absolute Gasteiger partial charge is 0.342 e. The molecular formula is C21H29Cl2N3O2. The molecule has 1 aromatic carbocycles. The van der Waals surface area contributed by atoms with Crippen LogP contribution in [-0.2, 0) is 9.59 Å². The molecule has 3 atom stereocenters. The third-order valence-corrected chi connectivity index (χ3v) is 7.00. The molecule has 2 amide bonds. The van der Waals surface area contributed by atoms with Crippen LogP contribution in [-0.4, -0.2) is 35.3 Å². The van der Waals surface area contributed by atoms with Crippen molar-refractivity contribution in [2.75, 3.05) is 18.4 Å². The average Bonchev–Trinajstić information content (AvgIpc) is 2.95. The Balaban J connectivity index is 0.00000225. The first-order chi connectivity index (χ1) is 12.9. The number of anilines is 1. The van der Waals surface area contributed by atoms with E-state index in [2.05, 4.69) is 5.32 Å². The van der Waals surface area contributed by atoms with Crippen molar-refractivity contribution in [3.8, 4) is 0 Å². The number of carbonyl (C=O) groups excluding carboxylic acids is 2. The Kier molecular flexibility index (Phi) is 6.28. The second-order valence-corrected chi connectivity index (χ2v) is 9.10. The van der Waals surface area contributed by atoms with Gasteiger partial charge in [-0.25, -0.2) is 0 Å². The molecule has 1 aliphatic carbocycles. The molecule has 2 fully saturated rings. The highest BCUT2D eigenvalue weighted by atomic mass is 35.5. The van der Waals surface area contributed by atoms with Crippen LogP contribution in [0.5, 0.6) is 0 Å². The van der Waals surface area contributed by atoms with Gasteiger partial charge in [0.25, 0.3) is 0 Å². The number of amides is 2. The standard InChI is InChI=1S/C21H28ClN3O2.ClH/c1-21(23)9-3-2-4-16(21)20(27)25-10-7-13(8-11-25)18-15-6-5-14(22)12-17(15)24-19(18)26;/h5-6,12-13,16,18H,2-4,7-11,23H2,1H3,(H,24,26);1H. The van der Waals surface area contributed by atoms with Crippen LogP contribution in [0.2, 0.25) is 5.02 Å². The number of rotatable bonds is 2. The van der Waals surface area contributed by atoms with Crippen LogP contribution in [0.1, 0.15) is 56.9 Å². The van der Waals surface area contributed by atoms with Gasteiger partial charge < -0.3 is 16.0 Å². The first-order valence-corrected chi connectivity index (χ1v) is 10.4. The van der Waals surface area contributed by atoms with Crippen molar-refractivity contribution in [2.24, 2.45) is 17.6 Å². The minimum atomic E-state index is -0.393. The van der Waals surface area contributed by atoms with Crippen LogP contribution in [0.15, 0.2) is 18.2 Å². The lowest BCUT2D eigenvalue weighted by Crippen LogP contribution is -2.55. The molecule has 0 bridgehead atoms. The predicted octanol–water partition coefficient (Wildman–Crippen LogP) is 3.94. The summed E-state index contributed by atoms with van der Waals surface area (Å²) in [4.78, 5) is 27.6. The van der Waals surface area contributed by atoms with Crippen LogP contribution in [0.4, 0.5) is 5.69 Å². The number of nitrogens with two attached hydrogens (primary N) is 1. The van der Waals surface area contributed by atoms with Crippen LogP contribution in [0, 0.1) is 11.8 Å². The molecule has 4 rings (SSSR count). The molecule has 0 spiro atoms. The molecule has 0 aromatic heterocycles. The Bertz CT molecular complexity index is 760. The summed E-state index contributed by atoms with van der Waals surface area (Å²) in [6.45, 7) is 3.44. The minimum Gasteiger partial charge on any atom is -0.342 e. The van der Waals surface area contributed by atoms with Gasteiger partial charge in [0.1, 0.15) is 0 Å². The van der Waals surface area contributed by atoms with Crippen molar-refractivity contribution < 1.29 is 9.59 Å². The first-order valence-electron chi connectivity index (χ1n) is 10.0. The van der Waals surface area contributed by atoms with E-state index in [0.29, 0.717) is 18.1 Å². The van der Waals surface area contributed by atoms with E-state index in [9.17, 15) is 9.59 Å². The van der Waals surface area contributed by atoms with Gasteiger partial charge in [0.15, 0.2) is 0 Å². The number of halogens is 2. The highest BCUT2D eigenvalue weighted by molar-refractivity contribution is 6.31. The van der Waals surface area contributed by atoms with E-state index in [0.717, 1.165) is 49.8 Å². The predicted molar refractivity (Wildman–Crippen MR) is 114 cm³/mol. The summed E-state index contributed by atoms with van der Waals surface area (Å²) in [7, 11) is 0. The Morgan fingerprint density at radius 1 is 1.25 bits per heavy atom. The molecule has 2 heterocycles. The van der Waals surface area contributed by atoms with Crippen LogP contribution in [0.25, 0.3) is 0 Å². The first kappa shape index (κ1) is 21.4. The number of piperidine rings is 1. The fourth-order valence-corrected chi connectivity index (χ4v) is 5.34. The molecule has 7 heteroatoms. The van der Waals surface area contributed by atoms with Gasteiger partial charge in [0.2, 0.25) is 11.8 Å². The van der Waals surface area contributed by atoms with E-state index in [4.69, 9.17) is 17.3 Å². The number of nitrogens with zero attached hydrogens (tertiary/aromatic N) is 1. The van der Waals surface area contributed by atoms with Gasteiger partial charge >= 0.3 is 0 Å². The van der Waals surface area contributed by atoms with Crippen molar-refractivity contribution >= 4 is 41.5 Å². The van der Waals surface area contributed by atoms with Crippen LogP contribution in [0.3, 0.4) is 0 Å². The zero-order valence-electron chi connectivity index (χ0n) is 16.2. The Morgan fingerprint density at radius 3 is 2.64 bits per heavy atom. The molecule has 3 N–H and O–H groups in total. The second kappa shape index (κ2) is 8.21. The zero-order valence-corrected chi connectivity index (χ0v) is 17.8. The van der Waals surface area contributed by atoms with E-state index in [1.807, 2.05) is 30.0 Å². The zero-order chi connectivity index (χ0) is 19.2. The van der Waals surface area contributed by atoms with Crippen molar-refractivity contribution in [3.63, 3.8) is 0 Å². The number of hydrogen-bond donors (Lipinski definition) is 2. The summed E-state index contributed by atoms with van der Waals surface area (Å²) in [5, 5.41) is 3.59. The van der Waals surface area contributed by atoms with Crippen molar-refractivity contribution in [2.45, 2.75) is 56.9 Å². The Morgan fingerprint density at radius 2 is 1.96 bits per heavy atom. The number of nitrogens with one attached hydrogen (secondary N) is 1. The maximum Gasteiger partial charge on any atom is 0.232 e. The molecule has 5 nitrogen and oxygen atoms in total. The van der Waals surface area contributed by atoms with Gasteiger partial charge in [-0.15, -0.1) is 12.4 Å². The van der Waals surface area contributed by atoms with Gasteiger partial charge in [0.05, 0.1) is 11.8 Å². The third-order valence-electron chi connectivity index (χ3n) is 6.77. The smallest absolute Gasteiger partial charge is 0.232 e. The lowest BCUT2D eigenvalue weighted by atomic mass is 9.73. The molecule has 154 valence electrons. The van der Waals surface area contributed by atoms with E-state index in [-0.39, 0.29) is 42.0 Å². The molecule has 1 saturated carbocycles. The number of carbonyl (C=O) groups is 2. The number of benzene rings is 1. The fourth-order valence-electron chi connectivity index (χ4n) is 5.17. The van der Waals surface area contributed by atoms with Crippen molar-refractivity contribution in [1.29, 1.82) is 0 Å². The molecular weight excluding hydrogens is 397 g/mol. The van der Waals surface area contributed by atoms with Gasteiger partial charge in [-0.05, 0) is 56.2 Å². The summed E-state index contributed by atoms with van der Waals surface area (Å²) in [6, 6.07) is 5.62. The number of fused-ring (bicyclic) bond motifs is 1. The number of hydrogen-bond acceptors (Lipinski definition) is 3. The van der Waals surface area contributed by atoms with Crippen LogP contribution >= 0.6 is 24.0 Å². The molecule has 1 saturated heterocycles. The summed E-state index contributed by atoms with van der Waals surface area (Å²) < 4.78 is 0. The normalized spacial score (nSPS) is 30.4. The topological polar surface area (TPSA) is 75.4 Å². The molecule has 0 radical (unpaired) electrons. The summed E-state index contributed by atoms with van der Waals surface area (Å²) >= 11 is 6.05. The molecule has 1 aromatic rings. The van der Waals surface area contributed by atoms with E-state index >= 15 is 0 Å². The molecule has 2 aliphatic heterocycles. The van der Waals surface area contributed by atoms with Gasteiger partial charge in [-0.3, -0.25) is 9.59 Å². The maximum absolute atomic E-state index is 13.0. The number of likely N-dealkylation sites (tertiary alicyclic amines) is 1. The summed E-state index contributed by atoms with van der Waals surface area (Å²) in [6.07, 6.45) is 5.70.